The number of fused-ring (bicyclic) bond motifs is 2. The van der Waals surface area contributed by atoms with E-state index in [2.05, 4.69) is 47.6 Å². The van der Waals surface area contributed by atoms with Gasteiger partial charge in [0.1, 0.15) is 5.75 Å². The molecule has 388 valence electrons. The molecule has 8 atom stereocenters. The maximum atomic E-state index is 16.6. The lowest BCUT2D eigenvalue weighted by Crippen LogP contribution is -2.61. The van der Waals surface area contributed by atoms with E-state index in [0.29, 0.717) is 79.1 Å². The molecule has 0 saturated heterocycles. The number of aliphatic hydroxyl groups excluding tert-OH is 2. The first-order chi connectivity index (χ1) is 35.4. The van der Waals surface area contributed by atoms with Crippen molar-refractivity contribution in [2.24, 2.45) is 23.7 Å². The summed E-state index contributed by atoms with van der Waals surface area (Å²) < 4.78 is 18.4. The largest absolute Gasteiger partial charge is 0.670 e. The summed E-state index contributed by atoms with van der Waals surface area (Å²) in [5, 5.41) is 66.2. The number of aromatic hydroxyl groups is 3. The molecule has 13 heteroatoms. The number of aliphatic hydroxyl groups is 2. The molecule has 2 aliphatic carbocycles. The van der Waals surface area contributed by atoms with E-state index in [0.717, 1.165) is 59.7 Å². The van der Waals surface area contributed by atoms with E-state index in [1.165, 1.54) is 22.1 Å². The van der Waals surface area contributed by atoms with Gasteiger partial charge in [-0.15, -0.1) is 0 Å². The molecule has 0 amide bonds. The average Bonchev–Trinajstić information content (AvgIpc) is 3.90. The van der Waals surface area contributed by atoms with Crippen LogP contribution < -0.4 is 19.8 Å². The fourth-order valence-electron chi connectivity index (χ4n) is 12.4. The molecule has 6 aromatic rings. The lowest BCUT2D eigenvalue weighted by molar-refractivity contribution is -0.149. The molecule has 6 N–H and O–H groups in total. The second-order valence-corrected chi connectivity index (χ2v) is 23.1. The first-order valence-corrected chi connectivity index (χ1v) is 28.6. The van der Waals surface area contributed by atoms with E-state index < -0.39 is 35.4 Å². The van der Waals surface area contributed by atoms with Gasteiger partial charge in [0.05, 0.1) is 30.8 Å². The topological polar surface area (TPSA) is 172 Å². The summed E-state index contributed by atoms with van der Waals surface area (Å²) in [5.41, 5.74) is 6.41. The van der Waals surface area contributed by atoms with Crippen LogP contribution in [0.5, 0.6) is 28.7 Å². The number of hydrogen-bond acceptors (Lipinski definition) is 12. The van der Waals surface area contributed by atoms with Crippen molar-refractivity contribution in [2.75, 3.05) is 33.1 Å². The molecule has 3 aliphatic rings. The van der Waals surface area contributed by atoms with Gasteiger partial charge in [0.15, 0.2) is 28.8 Å². The molecular formula is C60H71N2O9S2-. The minimum atomic E-state index is -1.64. The Bertz CT molecular complexity index is 2860. The Kier molecular flexibility index (Phi) is 17.0. The molecule has 11 nitrogen and oxygen atoms in total. The fraction of sp³-hybridized carbons (Fsp3) is 0.450. The van der Waals surface area contributed by atoms with Crippen LogP contribution in [0.15, 0.2) is 97.3 Å². The van der Waals surface area contributed by atoms with Crippen molar-refractivity contribution in [1.82, 2.24) is 10.3 Å². The highest BCUT2D eigenvalue weighted by Crippen LogP contribution is 2.51. The predicted octanol–water partition coefficient (Wildman–Crippen LogP) is 10.2. The number of ether oxygens (including phenoxy) is 3. The maximum Gasteiger partial charge on any atom is 0.164 e. The van der Waals surface area contributed by atoms with Gasteiger partial charge in [0, 0.05) is 49.2 Å². The third-order valence-electron chi connectivity index (χ3n) is 15.9. The van der Waals surface area contributed by atoms with Crippen molar-refractivity contribution < 1.29 is 44.5 Å². The number of benzene rings is 5. The van der Waals surface area contributed by atoms with E-state index in [-0.39, 0.29) is 42.0 Å². The first kappa shape index (κ1) is 52.7. The zero-order chi connectivity index (χ0) is 51.2. The molecule has 73 heavy (non-hydrogen) atoms. The van der Waals surface area contributed by atoms with E-state index in [1.807, 2.05) is 32.2 Å². The van der Waals surface area contributed by atoms with Crippen molar-refractivity contribution >= 4 is 38.1 Å². The number of aromatic nitrogens is 1. The fourth-order valence-corrected chi connectivity index (χ4v) is 14.9. The van der Waals surface area contributed by atoms with E-state index in [4.69, 9.17) is 14.2 Å². The van der Waals surface area contributed by atoms with Crippen LogP contribution in [0.1, 0.15) is 96.0 Å². The number of carbonyl (C=O) groups excluding carboxylic acids is 1. The standard InChI is InChI=1S/C60H71N2O9S2/c1-5-40-14-15-41-10-8-11-43-34-72-73-35-45-27-54(66)60(46-22-39(31-61-3)23-47(63)28-46,30-36-13-17-51(64)53(25-36)71-48-12-7-9-38(24-48)33-70-6-2)59(68)56(45)57(67)44(21-37-19-20-62-32-37)26-42-16-18-52(65)58(69-4)50(42)29-49(40)55(41)43/h8,10-11,13-20,22-23,25,28,32,38,44-45,48,54,56-57,61,63-67H,5-7,9,12,21,24,26-27,29-31,33-35H2,1-4H3/q-1. The quantitative estimate of drug-likeness (QED) is 0.0570. The van der Waals surface area contributed by atoms with Crippen LogP contribution in [0.3, 0.4) is 0 Å². The van der Waals surface area contributed by atoms with Crippen LogP contribution in [0, 0.1) is 23.7 Å². The number of methoxy groups -OCH3 is 1. The van der Waals surface area contributed by atoms with Crippen molar-refractivity contribution in [1.29, 1.82) is 0 Å². The molecule has 1 aromatic heterocycles. The molecule has 8 unspecified atom stereocenters. The van der Waals surface area contributed by atoms with Gasteiger partial charge >= 0.3 is 0 Å². The maximum absolute atomic E-state index is 16.6. The normalized spacial score (nSPS) is 24.8. The summed E-state index contributed by atoms with van der Waals surface area (Å²) in [4.78, 5) is 21.0. The second kappa shape index (κ2) is 23.6. The Labute approximate surface area is 437 Å². The van der Waals surface area contributed by atoms with Crippen LogP contribution in [0.2, 0.25) is 0 Å². The Morgan fingerprint density at radius 2 is 1.71 bits per heavy atom. The minimum absolute atomic E-state index is 0.0129. The zero-order valence-corrected chi connectivity index (χ0v) is 44.2. The number of carbonyl (C=O) groups is 1. The van der Waals surface area contributed by atoms with E-state index >= 15 is 4.79 Å². The molecule has 2 fully saturated rings. The summed E-state index contributed by atoms with van der Waals surface area (Å²) in [6.07, 6.45) is 6.89. The predicted molar refractivity (Wildman–Crippen MR) is 291 cm³/mol. The molecule has 0 bridgehead atoms. The Balaban J connectivity index is 1.17. The van der Waals surface area contributed by atoms with Gasteiger partial charge in [-0.25, -0.2) is 0 Å². The van der Waals surface area contributed by atoms with E-state index in [9.17, 15) is 25.5 Å². The lowest BCUT2D eigenvalue weighted by Gasteiger charge is -2.49. The summed E-state index contributed by atoms with van der Waals surface area (Å²) in [6.45, 7) is 5.87. The number of phenols is 3. The van der Waals surface area contributed by atoms with Gasteiger partial charge in [0.25, 0.3) is 0 Å². The summed E-state index contributed by atoms with van der Waals surface area (Å²) >= 11 is 0. The van der Waals surface area contributed by atoms with Crippen molar-refractivity contribution in [3.05, 3.63) is 147 Å². The first-order valence-electron chi connectivity index (χ1n) is 26.1. The van der Waals surface area contributed by atoms with E-state index in [1.54, 1.807) is 77.5 Å². The number of ketones is 1. The van der Waals surface area contributed by atoms with Gasteiger partial charge in [0.2, 0.25) is 0 Å². The Hall–Kier alpha value is -5.15. The number of aryl methyl sites for hydroxylation is 1. The van der Waals surface area contributed by atoms with Crippen LogP contribution in [0.4, 0.5) is 0 Å². The average molecular weight is 1030 g/mol. The number of hydrogen-bond donors (Lipinski definition) is 6. The SMILES string of the molecule is CCOCC1CCCC(Oc2cc(CC3(c4cc(O)cc(CNC)c4)C(=O)C4C(CSSCc5cccc6ccc(CC)c(c56)Cc5c(ccc(O)c5OC)CC(Cc5cc[n-]c5)C4O)CC3O)ccc2O)C1. The minimum Gasteiger partial charge on any atom is -0.670 e. The number of Topliss-reactive ketones (excluding diaryl/α,β-unsaturated/α-hetero) is 1. The lowest BCUT2D eigenvalue weighted by atomic mass is 9.55. The molecule has 9 rings (SSSR count). The highest BCUT2D eigenvalue weighted by Gasteiger charge is 2.57. The van der Waals surface area contributed by atoms with Gasteiger partial charge in [-0.2, -0.15) is 12.4 Å². The third-order valence-corrected chi connectivity index (χ3v) is 18.4. The van der Waals surface area contributed by atoms with Crippen molar-refractivity contribution in [2.45, 2.75) is 114 Å². The monoisotopic (exact) mass is 1030 g/mol. The van der Waals surface area contributed by atoms with Gasteiger partial charge in [-0.1, -0.05) is 88.7 Å². The number of rotatable bonds is 14. The van der Waals surface area contributed by atoms with Crippen LogP contribution in [-0.4, -0.2) is 82.8 Å². The molecule has 1 aliphatic heterocycles. The summed E-state index contributed by atoms with van der Waals surface area (Å²) in [6, 6.07) is 26.7. The van der Waals surface area contributed by atoms with Crippen LogP contribution in [0.25, 0.3) is 10.8 Å². The highest BCUT2D eigenvalue weighted by atomic mass is 33.1. The number of phenolic OH excluding ortho intramolecular Hbond substituents is 3. The number of nitrogens with one attached hydrogen (secondary N) is 1. The summed E-state index contributed by atoms with van der Waals surface area (Å²) in [7, 11) is 6.76. The van der Waals surface area contributed by atoms with Crippen molar-refractivity contribution in [3.8, 4) is 28.7 Å². The van der Waals surface area contributed by atoms with Crippen LogP contribution in [-0.2, 0) is 59.3 Å². The second-order valence-electron chi connectivity index (χ2n) is 20.6. The van der Waals surface area contributed by atoms with Gasteiger partial charge in [-0.05, 0) is 170 Å². The zero-order valence-electron chi connectivity index (χ0n) is 42.5. The van der Waals surface area contributed by atoms with Crippen molar-refractivity contribution in [3.63, 3.8) is 0 Å². The Morgan fingerprint density at radius 1 is 0.863 bits per heavy atom. The molecule has 0 spiro atoms. The molecule has 2 heterocycles. The smallest absolute Gasteiger partial charge is 0.164 e. The summed E-state index contributed by atoms with van der Waals surface area (Å²) in [5.74, 6) is -0.0576. The van der Waals surface area contributed by atoms with Crippen LogP contribution >= 0.6 is 21.6 Å². The van der Waals surface area contributed by atoms with Gasteiger partial charge in [-0.3, -0.25) is 4.79 Å². The molecule has 5 aromatic carbocycles. The highest BCUT2D eigenvalue weighted by molar-refractivity contribution is 8.76. The third kappa shape index (κ3) is 11.3. The molecule has 2 saturated carbocycles. The molecule has 0 radical (unpaired) electrons. The molecular weight excluding hydrogens is 957 g/mol. The Morgan fingerprint density at radius 3 is 2.49 bits per heavy atom. The number of nitrogens with zero attached hydrogens (tertiary/aromatic N) is 1. The van der Waals surface area contributed by atoms with Gasteiger partial charge < -0.3 is 50.0 Å².